The molecule has 1 unspecified atom stereocenters. The van der Waals surface area contributed by atoms with Gasteiger partial charge in [0.25, 0.3) is 0 Å². The SMILES string of the molecule is CC1CCNc2cccc(F)c2O1. The van der Waals surface area contributed by atoms with Crippen LogP contribution in [0.25, 0.3) is 0 Å². The molecule has 1 N–H and O–H groups in total. The van der Waals surface area contributed by atoms with Gasteiger partial charge in [0, 0.05) is 13.0 Å². The van der Waals surface area contributed by atoms with E-state index in [4.69, 9.17) is 4.74 Å². The highest BCUT2D eigenvalue weighted by Crippen LogP contribution is 2.30. The Morgan fingerprint density at radius 3 is 3.23 bits per heavy atom. The number of hydrogen-bond acceptors (Lipinski definition) is 2. The lowest BCUT2D eigenvalue weighted by Gasteiger charge is -2.11. The molecule has 0 spiro atoms. The Morgan fingerprint density at radius 1 is 1.54 bits per heavy atom. The smallest absolute Gasteiger partial charge is 0.178 e. The molecular weight excluding hydrogens is 169 g/mol. The standard InChI is InChI=1S/C10H12FNO/c1-7-5-6-12-9-4-2-3-8(11)10(9)13-7/h2-4,7,12H,5-6H2,1H3. The molecule has 2 nitrogen and oxygen atoms in total. The van der Waals surface area contributed by atoms with Gasteiger partial charge in [-0.05, 0) is 19.1 Å². The molecule has 0 saturated carbocycles. The van der Waals surface area contributed by atoms with Crippen LogP contribution in [0.4, 0.5) is 10.1 Å². The quantitative estimate of drug-likeness (QED) is 0.663. The first-order valence-electron chi connectivity index (χ1n) is 4.46. The normalized spacial score (nSPS) is 20.9. The van der Waals surface area contributed by atoms with Gasteiger partial charge in [-0.3, -0.25) is 0 Å². The third-order valence-electron chi connectivity index (χ3n) is 2.15. The molecule has 1 aliphatic rings. The van der Waals surface area contributed by atoms with Gasteiger partial charge in [0.05, 0.1) is 11.8 Å². The zero-order valence-electron chi connectivity index (χ0n) is 7.51. The molecule has 2 rings (SSSR count). The monoisotopic (exact) mass is 181 g/mol. The van der Waals surface area contributed by atoms with Crippen molar-refractivity contribution in [3.05, 3.63) is 24.0 Å². The molecule has 0 fully saturated rings. The third kappa shape index (κ3) is 1.59. The minimum Gasteiger partial charge on any atom is -0.485 e. The van der Waals surface area contributed by atoms with Gasteiger partial charge in [-0.15, -0.1) is 0 Å². The van der Waals surface area contributed by atoms with Crippen LogP contribution in [-0.4, -0.2) is 12.6 Å². The summed E-state index contributed by atoms with van der Waals surface area (Å²) in [5, 5.41) is 3.13. The summed E-state index contributed by atoms with van der Waals surface area (Å²) < 4.78 is 18.7. The predicted octanol–water partition coefficient (Wildman–Crippen LogP) is 2.41. The third-order valence-corrected chi connectivity index (χ3v) is 2.15. The van der Waals surface area contributed by atoms with E-state index in [0.29, 0.717) is 5.75 Å². The fourth-order valence-corrected chi connectivity index (χ4v) is 1.44. The summed E-state index contributed by atoms with van der Waals surface area (Å²) in [6.07, 6.45) is 0.972. The van der Waals surface area contributed by atoms with Crippen molar-refractivity contribution in [1.29, 1.82) is 0 Å². The van der Waals surface area contributed by atoms with E-state index in [0.717, 1.165) is 18.7 Å². The second kappa shape index (κ2) is 3.24. The fraction of sp³-hybridized carbons (Fsp3) is 0.400. The number of hydrogen-bond donors (Lipinski definition) is 1. The molecule has 0 saturated heterocycles. The molecule has 0 amide bonds. The number of fused-ring (bicyclic) bond motifs is 1. The Hall–Kier alpha value is -1.25. The number of nitrogens with one attached hydrogen (secondary N) is 1. The van der Waals surface area contributed by atoms with Crippen LogP contribution in [0.2, 0.25) is 0 Å². The molecule has 0 aliphatic carbocycles. The van der Waals surface area contributed by atoms with Crippen molar-refractivity contribution in [3.8, 4) is 5.75 Å². The molecule has 1 aliphatic heterocycles. The van der Waals surface area contributed by atoms with Crippen LogP contribution < -0.4 is 10.1 Å². The van der Waals surface area contributed by atoms with Crippen molar-refractivity contribution < 1.29 is 9.13 Å². The summed E-state index contributed by atoms with van der Waals surface area (Å²) in [7, 11) is 0. The largest absolute Gasteiger partial charge is 0.485 e. The maximum Gasteiger partial charge on any atom is 0.178 e. The molecule has 1 aromatic rings. The Balaban J connectivity index is 2.40. The van der Waals surface area contributed by atoms with E-state index < -0.39 is 0 Å². The zero-order chi connectivity index (χ0) is 9.26. The second-order valence-electron chi connectivity index (χ2n) is 3.26. The van der Waals surface area contributed by atoms with Gasteiger partial charge < -0.3 is 10.1 Å². The maximum atomic E-state index is 13.3. The van der Waals surface area contributed by atoms with Crippen molar-refractivity contribution >= 4 is 5.69 Å². The molecule has 13 heavy (non-hydrogen) atoms. The first kappa shape index (κ1) is 8.35. The topological polar surface area (TPSA) is 21.3 Å². The first-order chi connectivity index (χ1) is 6.27. The molecule has 0 aromatic heterocycles. The average molecular weight is 181 g/mol. The summed E-state index contributed by atoms with van der Waals surface area (Å²) in [5.74, 6) is 0.0613. The number of benzene rings is 1. The molecular formula is C10H12FNO. The zero-order valence-corrected chi connectivity index (χ0v) is 7.51. The Bertz CT molecular complexity index is 314. The summed E-state index contributed by atoms with van der Waals surface area (Å²) >= 11 is 0. The van der Waals surface area contributed by atoms with E-state index in [1.807, 2.05) is 13.0 Å². The van der Waals surface area contributed by atoms with Crippen LogP contribution in [0.15, 0.2) is 18.2 Å². The first-order valence-corrected chi connectivity index (χ1v) is 4.46. The van der Waals surface area contributed by atoms with E-state index in [9.17, 15) is 4.39 Å². The lowest BCUT2D eigenvalue weighted by Crippen LogP contribution is -2.12. The molecule has 3 heteroatoms. The van der Waals surface area contributed by atoms with Gasteiger partial charge >= 0.3 is 0 Å². The lowest BCUT2D eigenvalue weighted by molar-refractivity contribution is 0.212. The minimum atomic E-state index is -0.293. The number of ether oxygens (including phenoxy) is 1. The molecule has 0 bridgehead atoms. The lowest BCUT2D eigenvalue weighted by atomic mass is 10.3. The van der Waals surface area contributed by atoms with Crippen LogP contribution in [-0.2, 0) is 0 Å². The Kier molecular flexibility index (Phi) is 2.08. The van der Waals surface area contributed by atoms with Gasteiger partial charge in [0.2, 0.25) is 0 Å². The van der Waals surface area contributed by atoms with Crippen molar-refractivity contribution in [2.45, 2.75) is 19.4 Å². The highest BCUT2D eigenvalue weighted by Gasteiger charge is 2.16. The molecule has 1 heterocycles. The van der Waals surface area contributed by atoms with Gasteiger partial charge in [-0.25, -0.2) is 4.39 Å². The Morgan fingerprint density at radius 2 is 2.38 bits per heavy atom. The highest BCUT2D eigenvalue weighted by molar-refractivity contribution is 5.57. The summed E-state index contributed by atoms with van der Waals surface area (Å²) in [5.41, 5.74) is 0.754. The van der Waals surface area contributed by atoms with Crippen molar-refractivity contribution in [3.63, 3.8) is 0 Å². The van der Waals surface area contributed by atoms with E-state index >= 15 is 0 Å². The van der Waals surface area contributed by atoms with Gasteiger partial charge in [-0.2, -0.15) is 0 Å². The molecule has 0 radical (unpaired) electrons. The number of halogens is 1. The van der Waals surface area contributed by atoms with E-state index in [1.165, 1.54) is 6.07 Å². The van der Waals surface area contributed by atoms with E-state index in [1.54, 1.807) is 6.07 Å². The van der Waals surface area contributed by atoms with Crippen LogP contribution >= 0.6 is 0 Å². The molecule has 1 aromatic carbocycles. The average Bonchev–Trinajstić information content (AvgIpc) is 2.28. The summed E-state index contributed by atoms with van der Waals surface area (Å²) in [4.78, 5) is 0. The maximum absolute atomic E-state index is 13.3. The van der Waals surface area contributed by atoms with Crippen molar-refractivity contribution in [2.24, 2.45) is 0 Å². The van der Waals surface area contributed by atoms with Crippen molar-refractivity contribution in [2.75, 3.05) is 11.9 Å². The van der Waals surface area contributed by atoms with Crippen molar-refractivity contribution in [1.82, 2.24) is 0 Å². The van der Waals surface area contributed by atoms with Crippen LogP contribution in [0.3, 0.4) is 0 Å². The predicted molar refractivity (Wildman–Crippen MR) is 49.6 cm³/mol. The number of para-hydroxylation sites is 1. The van der Waals surface area contributed by atoms with Gasteiger partial charge in [0.1, 0.15) is 0 Å². The van der Waals surface area contributed by atoms with E-state index in [-0.39, 0.29) is 11.9 Å². The van der Waals surface area contributed by atoms with Gasteiger partial charge in [-0.1, -0.05) is 6.07 Å². The minimum absolute atomic E-state index is 0.0747. The number of rotatable bonds is 0. The second-order valence-corrected chi connectivity index (χ2v) is 3.26. The summed E-state index contributed by atoms with van der Waals surface area (Å²) in [6, 6.07) is 4.93. The van der Waals surface area contributed by atoms with Crippen LogP contribution in [0.1, 0.15) is 13.3 Å². The number of anilines is 1. The van der Waals surface area contributed by atoms with E-state index in [2.05, 4.69) is 5.32 Å². The molecule has 70 valence electrons. The Labute approximate surface area is 76.7 Å². The van der Waals surface area contributed by atoms with Crippen LogP contribution in [0, 0.1) is 5.82 Å². The fourth-order valence-electron chi connectivity index (χ4n) is 1.44. The van der Waals surface area contributed by atoms with Crippen LogP contribution in [0.5, 0.6) is 5.75 Å². The summed E-state index contributed by atoms with van der Waals surface area (Å²) in [6.45, 7) is 2.78. The van der Waals surface area contributed by atoms with Gasteiger partial charge in [0.15, 0.2) is 11.6 Å². The highest BCUT2D eigenvalue weighted by atomic mass is 19.1. The molecule has 1 atom stereocenters.